The number of nitriles is 1. The van der Waals surface area contributed by atoms with Crippen molar-refractivity contribution in [3.63, 3.8) is 0 Å². The van der Waals surface area contributed by atoms with Gasteiger partial charge in [-0.25, -0.2) is 9.97 Å². The largest absolute Gasteiger partial charge is 0.462 e. The smallest absolute Gasteiger partial charge is 0.416 e. The molecule has 1 aliphatic heterocycles. The van der Waals surface area contributed by atoms with E-state index >= 15 is 0 Å². The Morgan fingerprint density at radius 3 is 2.33 bits per heavy atom. The summed E-state index contributed by atoms with van der Waals surface area (Å²) in [6, 6.07) is 14.3. The lowest BCUT2D eigenvalue weighted by molar-refractivity contribution is -0.145. The van der Waals surface area contributed by atoms with Gasteiger partial charge in [0.1, 0.15) is 12.3 Å². The van der Waals surface area contributed by atoms with E-state index in [-0.39, 0.29) is 18.9 Å². The number of para-hydroxylation sites is 2. The molecule has 0 N–H and O–H groups in total. The lowest BCUT2D eigenvalue weighted by Gasteiger charge is -2.37. The molecule has 188 valence electrons. The molecule has 1 aliphatic rings. The topological polar surface area (TPSA) is 91.6 Å². The van der Waals surface area contributed by atoms with Gasteiger partial charge < -0.3 is 19.3 Å². The molecule has 1 fully saturated rings. The summed E-state index contributed by atoms with van der Waals surface area (Å²) >= 11 is 0. The average molecular weight is 499 g/mol. The van der Waals surface area contributed by atoms with E-state index in [1.165, 1.54) is 13.2 Å². The summed E-state index contributed by atoms with van der Waals surface area (Å²) in [5, 5.41) is 9.82. The maximum absolute atomic E-state index is 13.1. The van der Waals surface area contributed by atoms with E-state index in [1.54, 1.807) is 24.3 Å². The molecule has 0 bridgehead atoms. The van der Waals surface area contributed by atoms with Gasteiger partial charge in [0.15, 0.2) is 11.7 Å². The number of nitrogens with zero attached hydrogens (tertiary/aromatic N) is 5. The van der Waals surface area contributed by atoms with Gasteiger partial charge in [0, 0.05) is 39.0 Å². The highest BCUT2D eigenvalue weighted by Gasteiger charge is 2.33. The minimum Gasteiger partial charge on any atom is -0.462 e. The van der Waals surface area contributed by atoms with Gasteiger partial charge in [-0.15, -0.1) is 0 Å². The minimum absolute atomic E-state index is 0.000476. The Morgan fingerprint density at radius 2 is 1.69 bits per heavy atom. The second kappa shape index (κ2) is 10.8. The van der Waals surface area contributed by atoms with Gasteiger partial charge in [-0.2, -0.15) is 18.4 Å². The third-order valence-corrected chi connectivity index (χ3v) is 5.87. The Morgan fingerprint density at radius 1 is 1.03 bits per heavy atom. The van der Waals surface area contributed by atoms with Crippen LogP contribution in [0.1, 0.15) is 17.2 Å². The number of halogens is 3. The molecule has 2 heterocycles. The van der Waals surface area contributed by atoms with Crippen molar-refractivity contribution in [2.75, 3.05) is 56.3 Å². The zero-order valence-corrected chi connectivity index (χ0v) is 19.5. The fraction of sp³-hybridized carbons (Fsp3) is 0.360. The van der Waals surface area contributed by atoms with Crippen LogP contribution >= 0.6 is 0 Å². The first kappa shape index (κ1) is 25.2. The molecule has 11 heteroatoms. The molecule has 3 aromatic rings. The van der Waals surface area contributed by atoms with Crippen molar-refractivity contribution in [2.24, 2.45) is 0 Å². The van der Waals surface area contributed by atoms with E-state index in [4.69, 9.17) is 14.5 Å². The van der Waals surface area contributed by atoms with Crippen LogP contribution in [0.5, 0.6) is 0 Å². The highest BCUT2D eigenvalue weighted by molar-refractivity contribution is 5.85. The molecule has 8 nitrogen and oxygen atoms in total. The molecule has 36 heavy (non-hydrogen) atoms. The molecule has 2 aromatic carbocycles. The summed E-state index contributed by atoms with van der Waals surface area (Å²) in [7, 11) is 1.47. The SMILES string of the molecule is COCCOC(=O)[C@@H](C#N)c1nc2ccccc2nc1N1CCN(c2cccc(C(F)(F)F)c2)CC1. The molecule has 0 aliphatic carbocycles. The van der Waals surface area contributed by atoms with Crippen molar-refractivity contribution in [2.45, 2.75) is 12.1 Å². The molecule has 1 atom stereocenters. The molecular weight excluding hydrogens is 475 g/mol. The number of methoxy groups -OCH3 is 1. The number of carbonyl (C=O) groups excluding carboxylic acids is 1. The van der Waals surface area contributed by atoms with Crippen LogP contribution in [0, 0.1) is 11.3 Å². The van der Waals surface area contributed by atoms with Crippen molar-refractivity contribution in [3.8, 4) is 6.07 Å². The van der Waals surface area contributed by atoms with Gasteiger partial charge in [-0.3, -0.25) is 4.79 Å². The number of aromatic nitrogens is 2. The second-order valence-electron chi connectivity index (χ2n) is 8.17. The predicted molar refractivity (Wildman–Crippen MR) is 127 cm³/mol. The number of anilines is 2. The fourth-order valence-corrected chi connectivity index (χ4v) is 4.02. The number of carbonyl (C=O) groups is 1. The van der Waals surface area contributed by atoms with Crippen molar-refractivity contribution in [1.82, 2.24) is 9.97 Å². The highest BCUT2D eigenvalue weighted by atomic mass is 19.4. The second-order valence-corrected chi connectivity index (χ2v) is 8.17. The van der Waals surface area contributed by atoms with E-state index in [0.29, 0.717) is 48.7 Å². The standard InChI is InChI=1S/C25H24F3N5O3/c1-35-13-14-36-24(34)19(16-29)22-23(31-21-8-3-2-7-20(21)30-22)33-11-9-32(10-12-33)18-6-4-5-17(15-18)25(26,27)28/h2-8,15,19H,9-14H2,1H3/t19-/m0/s1. The molecule has 0 radical (unpaired) electrons. The number of hydrogen-bond acceptors (Lipinski definition) is 8. The number of hydrogen-bond donors (Lipinski definition) is 0. The molecule has 0 saturated carbocycles. The normalized spacial score (nSPS) is 15.0. The molecule has 0 spiro atoms. The van der Waals surface area contributed by atoms with Crippen molar-refractivity contribution in [3.05, 3.63) is 59.8 Å². The molecule has 4 rings (SSSR count). The van der Waals surface area contributed by atoms with Crippen molar-refractivity contribution in [1.29, 1.82) is 5.26 Å². The Labute approximate surface area is 205 Å². The van der Waals surface area contributed by atoms with Gasteiger partial charge in [0.25, 0.3) is 0 Å². The first-order valence-electron chi connectivity index (χ1n) is 11.3. The Hall–Kier alpha value is -3.91. The van der Waals surface area contributed by atoms with Gasteiger partial charge >= 0.3 is 12.1 Å². The number of fused-ring (bicyclic) bond motifs is 1. The zero-order chi connectivity index (χ0) is 25.7. The van der Waals surface area contributed by atoms with E-state index in [2.05, 4.69) is 4.98 Å². The predicted octanol–water partition coefficient (Wildman–Crippen LogP) is 3.77. The summed E-state index contributed by atoms with van der Waals surface area (Å²) in [5.41, 5.74) is 1.09. The number of piperazine rings is 1. The Kier molecular flexibility index (Phi) is 7.55. The third-order valence-electron chi connectivity index (χ3n) is 5.87. The lowest BCUT2D eigenvalue weighted by atomic mass is 10.1. The minimum atomic E-state index is -4.42. The summed E-state index contributed by atoms with van der Waals surface area (Å²) in [6.07, 6.45) is -4.42. The van der Waals surface area contributed by atoms with Crippen LogP contribution in [0.2, 0.25) is 0 Å². The number of ether oxygens (including phenoxy) is 2. The summed E-state index contributed by atoms with van der Waals surface area (Å²) in [6.45, 7) is 1.85. The molecule has 0 unspecified atom stereocenters. The number of alkyl halides is 3. The maximum Gasteiger partial charge on any atom is 0.416 e. The van der Waals surface area contributed by atoms with Crippen LogP contribution < -0.4 is 9.80 Å². The van der Waals surface area contributed by atoms with Crippen LogP contribution in [-0.2, 0) is 20.4 Å². The molecular formula is C25H24F3N5O3. The van der Waals surface area contributed by atoms with E-state index < -0.39 is 23.6 Å². The quantitative estimate of drug-likeness (QED) is 0.358. The lowest BCUT2D eigenvalue weighted by Crippen LogP contribution is -2.47. The fourth-order valence-electron chi connectivity index (χ4n) is 4.02. The van der Waals surface area contributed by atoms with Crippen LogP contribution in [0.3, 0.4) is 0 Å². The van der Waals surface area contributed by atoms with Gasteiger partial charge in [-0.1, -0.05) is 18.2 Å². The first-order valence-corrected chi connectivity index (χ1v) is 11.3. The Balaban J connectivity index is 1.60. The monoisotopic (exact) mass is 499 g/mol. The van der Waals surface area contributed by atoms with Crippen LogP contribution in [0.15, 0.2) is 48.5 Å². The van der Waals surface area contributed by atoms with Crippen LogP contribution in [0.25, 0.3) is 11.0 Å². The van der Waals surface area contributed by atoms with Gasteiger partial charge in [-0.05, 0) is 30.3 Å². The van der Waals surface area contributed by atoms with Crippen molar-refractivity contribution < 1.29 is 27.4 Å². The summed E-state index contributed by atoms with van der Waals surface area (Å²) in [4.78, 5) is 25.7. The third kappa shape index (κ3) is 5.49. The van der Waals surface area contributed by atoms with E-state index in [0.717, 1.165) is 12.1 Å². The zero-order valence-electron chi connectivity index (χ0n) is 19.5. The maximum atomic E-state index is 13.1. The van der Waals surface area contributed by atoms with Crippen LogP contribution in [-0.4, -0.2) is 62.4 Å². The van der Waals surface area contributed by atoms with E-state index in [1.807, 2.05) is 21.9 Å². The van der Waals surface area contributed by atoms with E-state index in [9.17, 15) is 23.2 Å². The van der Waals surface area contributed by atoms with Crippen LogP contribution in [0.4, 0.5) is 24.7 Å². The summed E-state index contributed by atoms with van der Waals surface area (Å²) in [5.74, 6) is -1.66. The first-order chi connectivity index (χ1) is 17.3. The highest BCUT2D eigenvalue weighted by Crippen LogP contribution is 2.33. The summed E-state index contributed by atoms with van der Waals surface area (Å²) < 4.78 is 49.5. The van der Waals surface area contributed by atoms with Gasteiger partial charge in [0.2, 0.25) is 0 Å². The molecule has 1 saturated heterocycles. The van der Waals surface area contributed by atoms with Crippen molar-refractivity contribution >= 4 is 28.5 Å². The molecule has 1 aromatic heterocycles. The number of esters is 1. The number of rotatable bonds is 7. The average Bonchev–Trinajstić information content (AvgIpc) is 2.88. The molecule has 0 amide bonds. The Bertz CT molecular complexity index is 1270. The number of benzene rings is 2. The van der Waals surface area contributed by atoms with Gasteiger partial charge in [0.05, 0.1) is 29.3 Å².